The molecule has 0 radical (unpaired) electrons. The molecular weight excluding hydrogens is 228 g/mol. The lowest BCUT2D eigenvalue weighted by Gasteiger charge is -2.36. The van der Waals surface area contributed by atoms with Gasteiger partial charge in [0.2, 0.25) is 0 Å². The minimum absolute atomic E-state index is 0.103. The summed E-state index contributed by atoms with van der Waals surface area (Å²) >= 11 is 0. The van der Waals surface area contributed by atoms with Crippen LogP contribution in [0.25, 0.3) is 0 Å². The van der Waals surface area contributed by atoms with E-state index >= 15 is 0 Å². The molecule has 0 bridgehead atoms. The van der Waals surface area contributed by atoms with Crippen LogP contribution in [-0.4, -0.2) is 32.1 Å². The van der Waals surface area contributed by atoms with Gasteiger partial charge in [0, 0.05) is 0 Å². The Labute approximate surface area is 110 Å². The molecular formula is C15H28O3. The van der Waals surface area contributed by atoms with E-state index in [0.717, 1.165) is 32.1 Å². The average Bonchev–Trinajstić information content (AvgIpc) is 2.37. The van der Waals surface area contributed by atoms with E-state index in [4.69, 9.17) is 0 Å². The summed E-state index contributed by atoms with van der Waals surface area (Å²) in [5, 5.41) is 31.4. The van der Waals surface area contributed by atoms with E-state index < -0.39 is 16.8 Å². The number of hydrogen-bond donors (Lipinski definition) is 3. The van der Waals surface area contributed by atoms with Gasteiger partial charge in [0.25, 0.3) is 0 Å². The summed E-state index contributed by atoms with van der Waals surface area (Å²) in [6.07, 6.45) is 4.02. The fraction of sp³-hybridized carbons (Fsp3) is 1.00. The van der Waals surface area contributed by atoms with Crippen LogP contribution in [0.15, 0.2) is 0 Å². The lowest BCUT2D eigenvalue weighted by Crippen LogP contribution is -2.41. The SMILES string of the molecule is CC(C)(O)[C@@H]1CC[C@@](C)(O)[C@@H]2CC[C@@](C)(O)[C@@H]2C1. The third-order valence-corrected chi connectivity index (χ3v) is 5.58. The van der Waals surface area contributed by atoms with Crippen LogP contribution in [0, 0.1) is 17.8 Å². The molecule has 2 fully saturated rings. The summed E-state index contributed by atoms with van der Waals surface area (Å²) in [4.78, 5) is 0. The van der Waals surface area contributed by atoms with Crippen molar-refractivity contribution in [2.24, 2.45) is 17.8 Å². The van der Waals surface area contributed by atoms with E-state index in [1.807, 2.05) is 27.7 Å². The Bertz CT molecular complexity index is 314. The predicted octanol–water partition coefficient (Wildman–Crippen LogP) is 2.09. The third kappa shape index (κ3) is 2.45. The molecule has 0 aromatic heterocycles. The molecule has 2 saturated carbocycles. The zero-order valence-corrected chi connectivity index (χ0v) is 12.1. The summed E-state index contributed by atoms with van der Waals surface area (Å²) in [5.41, 5.74) is -2.13. The van der Waals surface area contributed by atoms with E-state index in [-0.39, 0.29) is 17.8 Å². The highest BCUT2D eigenvalue weighted by Gasteiger charge is 2.53. The molecule has 18 heavy (non-hydrogen) atoms. The number of hydrogen-bond acceptors (Lipinski definition) is 3. The van der Waals surface area contributed by atoms with E-state index in [9.17, 15) is 15.3 Å². The fourth-order valence-electron chi connectivity index (χ4n) is 4.15. The van der Waals surface area contributed by atoms with Gasteiger partial charge in [-0.05, 0) is 77.6 Å². The van der Waals surface area contributed by atoms with Crippen LogP contribution in [0.4, 0.5) is 0 Å². The van der Waals surface area contributed by atoms with E-state index in [1.165, 1.54) is 0 Å². The van der Waals surface area contributed by atoms with Gasteiger partial charge in [0.05, 0.1) is 16.8 Å². The molecule has 3 nitrogen and oxygen atoms in total. The third-order valence-electron chi connectivity index (χ3n) is 5.58. The normalized spacial score (nSPS) is 49.8. The summed E-state index contributed by atoms with van der Waals surface area (Å²) in [6.45, 7) is 7.48. The first-order valence-electron chi connectivity index (χ1n) is 7.21. The Balaban J connectivity index is 2.29. The van der Waals surface area contributed by atoms with Crippen molar-refractivity contribution in [1.82, 2.24) is 0 Å². The van der Waals surface area contributed by atoms with Crippen LogP contribution in [0.5, 0.6) is 0 Å². The van der Waals surface area contributed by atoms with Gasteiger partial charge < -0.3 is 15.3 Å². The van der Waals surface area contributed by atoms with Crippen LogP contribution in [-0.2, 0) is 0 Å². The Hall–Kier alpha value is -0.120. The molecule has 0 aromatic carbocycles. The van der Waals surface area contributed by atoms with Gasteiger partial charge in [0.15, 0.2) is 0 Å². The van der Waals surface area contributed by atoms with Gasteiger partial charge in [-0.1, -0.05) is 0 Å². The minimum Gasteiger partial charge on any atom is -0.390 e. The Morgan fingerprint density at radius 1 is 0.944 bits per heavy atom. The topological polar surface area (TPSA) is 60.7 Å². The maximum Gasteiger partial charge on any atom is 0.0651 e. The molecule has 0 saturated heterocycles. The summed E-state index contributed by atoms with van der Waals surface area (Å²) in [6, 6.07) is 0. The summed E-state index contributed by atoms with van der Waals surface area (Å²) in [5.74, 6) is 0.426. The Kier molecular flexibility index (Phi) is 3.33. The summed E-state index contributed by atoms with van der Waals surface area (Å²) < 4.78 is 0. The van der Waals surface area contributed by atoms with Gasteiger partial charge in [-0.2, -0.15) is 0 Å². The van der Waals surface area contributed by atoms with Crippen molar-refractivity contribution in [3.8, 4) is 0 Å². The van der Waals surface area contributed by atoms with Crippen molar-refractivity contribution in [2.75, 3.05) is 0 Å². The first-order valence-corrected chi connectivity index (χ1v) is 7.21. The first-order chi connectivity index (χ1) is 8.04. The molecule has 0 spiro atoms. The predicted molar refractivity (Wildman–Crippen MR) is 71.1 cm³/mol. The van der Waals surface area contributed by atoms with Crippen LogP contribution in [0.1, 0.15) is 59.8 Å². The highest BCUT2D eigenvalue weighted by Crippen LogP contribution is 2.53. The number of aliphatic hydroxyl groups is 3. The highest BCUT2D eigenvalue weighted by molar-refractivity contribution is 5.04. The van der Waals surface area contributed by atoms with Gasteiger partial charge in [-0.15, -0.1) is 0 Å². The smallest absolute Gasteiger partial charge is 0.0651 e. The Morgan fingerprint density at radius 2 is 1.44 bits per heavy atom. The number of rotatable bonds is 1. The lowest BCUT2D eigenvalue weighted by atomic mass is 9.74. The second-order valence-corrected chi connectivity index (χ2v) is 7.59. The molecule has 0 amide bonds. The standard InChI is InChI=1S/C15H28O3/c1-13(2,16)10-5-7-14(3,17)11-6-8-15(4,18)12(11)9-10/h10-12,16-18H,5-9H2,1-4H3/t10-,11-,12-,14-,15-/m1/s1. The molecule has 0 unspecified atom stereocenters. The molecule has 3 heteroatoms. The molecule has 106 valence electrons. The average molecular weight is 256 g/mol. The first kappa shape index (κ1) is 14.3. The maximum absolute atomic E-state index is 10.6. The van der Waals surface area contributed by atoms with Gasteiger partial charge >= 0.3 is 0 Å². The van der Waals surface area contributed by atoms with Gasteiger partial charge in [-0.25, -0.2) is 0 Å². The van der Waals surface area contributed by atoms with Crippen molar-refractivity contribution in [3.05, 3.63) is 0 Å². The zero-order valence-electron chi connectivity index (χ0n) is 12.1. The molecule has 0 aliphatic heterocycles. The van der Waals surface area contributed by atoms with Crippen molar-refractivity contribution in [2.45, 2.75) is 76.6 Å². The Morgan fingerprint density at radius 3 is 2.00 bits per heavy atom. The van der Waals surface area contributed by atoms with Gasteiger partial charge in [-0.3, -0.25) is 0 Å². The number of fused-ring (bicyclic) bond motifs is 1. The maximum atomic E-state index is 10.6. The minimum atomic E-state index is -0.732. The molecule has 0 heterocycles. The van der Waals surface area contributed by atoms with Gasteiger partial charge in [0.1, 0.15) is 0 Å². The summed E-state index contributed by atoms with van der Waals surface area (Å²) in [7, 11) is 0. The van der Waals surface area contributed by atoms with Crippen LogP contribution in [0.3, 0.4) is 0 Å². The van der Waals surface area contributed by atoms with Crippen molar-refractivity contribution in [3.63, 3.8) is 0 Å². The second kappa shape index (κ2) is 4.19. The molecule has 0 aromatic rings. The van der Waals surface area contributed by atoms with Crippen molar-refractivity contribution >= 4 is 0 Å². The monoisotopic (exact) mass is 256 g/mol. The largest absolute Gasteiger partial charge is 0.390 e. The molecule has 2 aliphatic carbocycles. The highest BCUT2D eigenvalue weighted by atomic mass is 16.3. The van der Waals surface area contributed by atoms with E-state index in [2.05, 4.69) is 0 Å². The molecule has 2 aliphatic rings. The van der Waals surface area contributed by atoms with Crippen LogP contribution in [0.2, 0.25) is 0 Å². The molecule has 3 N–H and O–H groups in total. The lowest BCUT2D eigenvalue weighted by molar-refractivity contribution is -0.0588. The van der Waals surface area contributed by atoms with Crippen LogP contribution < -0.4 is 0 Å². The van der Waals surface area contributed by atoms with E-state index in [0.29, 0.717) is 0 Å². The van der Waals surface area contributed by atoms with Crippen LogP contribution >= 0.6 is 0 Å². The molecule has 2 rings (SSSR count). The van der Waals surface area contributed by atoms with Crippen molar-refractivity contribution < 1.29 is 15.3 Å². The van der Waals surface area contributed by atoms with Crippen molar-refractivity contribution in [1.29, 1.82) is 0 Å². The second-order valence-electron chi connectivity index (χ2n) is 7.59. The molecule has 5 atom stereocenters. The van der Waals surface area contributed by atoms with E-state index in [1.54, 1.807) is 0 Å². The zero-order chi connectivity index (χ0) is 13.8. The fourth-order valence-corrected chi connectivity index (χ4v) is 4.15. The quantitative estimate of drug-likeness (QED) is 0.673.